The minimum atomic E-state index is -3.98. The van der Waals surface area contributed by atoms with Crippen LogP contribution in [0.15, 0.2) is 66.7 Å². The van der Waals surface area contributed by atoms with Gasteiger partial charge in [-0.2, -0.15) is 0 Å². The molecule has 0 unspecified atom stereocenters. The molecule has 0 bridgehead atoms. The molecule has 1 atom stereocenters. The molecule has 0 saturated heterocycles. The van der Waals surface area contributed by atoms with E-state index in [1.54, 1.807) is 12.1 Å². The van der Waals surface area contributed by atoms with Crippen LogP contribution >= 0.6 is 46.4 Å². The molecule has 2 amide bonds. The van der Waals surface area contributed by atoms with Crippen molar-refractivity contribution in [2.75, 3.05) is 24.2 Å². The number of likely N-dealkylation sites (N-methyl/N-ethyl adjacent to an activating group) is 1. The maximum Gasteiger partial charge on any atom is 0.244 e. The fourth-order valence-electron chi connectivity index (χ4n) is 3.83. The summed E-state index contributed by atoms with van der Waals surface area (Å²) in [6.07, 6.45) is 1.13. The second-order valence-electron chi connectivity index (χ2n) is 8.44. The topological polar surface area (TPSA) is 86.8 Å². The number of halogens is 4. The summed E-state index contributed by atoms with van der Waals surface area (Å²) in [6.45, 7) is -0.715. The van der Waals surface area contributed by atoms with Gasteiger partial charge in [-0.1, -0.05) is 82.8 Å². The molecule has 1 N–H and O–H groups in total. The highest BCUT2D eigenvalue weighted by Crippen LogP contribution is 2.31. The van der Waals surface area contributed by atoms with E-state index in [1.165, 1.54) is 36.2 Å². The Morgan fingerprint density at radius 3 is 2.13 bits per heavy atom. The van der Waals surface area contributed by atoms with Crippen LogP contribution in [0.2, 0.25) is 20.1 Å². The van der Waals surface area contributed by atoms with Gasteiger partial charge in [0.1, 0.15) is 12.6 Å². The van der Waals surface area contributed by atoms with E-state index >= 15 is 0 Å². The van der Waals surface area contributed by atoms with E-state index in [1.807, 2.05) is 30.3 Å². The summed E-state index contributed by atoms with van der Waals surface area (Å²) in [6, 6.07) is 17.3. The van der Waals surface area contributed by atoms with Crippen molar-refractivity contribution in [1.82, 2.24) is 10.2 Å². The van der Waals surface area contributed by atoms with Crippen molar-refractivity contribution in [3.05, 3.63) is 97.9 Å². The first-order valence-corrected chi connectivity index (χ1v) is 14.7. The van der Waals surface area contributed by atoms with E-state index in [0.717, 1.165) is 16.1 Å². The molecular formula is C26H25Cl4N3O4S. The lowest BCUT2D eigenvalue weighted by Gasteiger charge is -2.33. The van der Waals surface area contributed by atoms with Gasteiger partial charge in [-0.25, -0.2) is 8.42 Å². The lowest BCUT2D eigenvalue weighted by molar-refractivity contribution is -0.139. The monoisotopic (exact) mass is 615 g/mol. The Hall–Kier alpha value is -2.49. The number of carbonyl (C=O) groups excluding carboxylic acids is 2. The van der Waals surface area contributed by atoms with Gasteiger partial charge < -0.3 is 10.2 Å². The molecule has 0 aliphatic carbocycles. The highest BCUT2D eigenvalue weighted by Gasteiger charge is 2.33. The molecule has 0 spiro atoms. The van der Waals surface area contributed by atoms with Gasteiger partial charge in [0.25, 0.3) is 0 Å². The Balaban J connectivity index is 2.08. The molecule has 0 aliphatic heterocycles. The average Bonchev–Trinajstić information content (AvgIpc) is 2.86. The minimum Gasteiger partial charge on any atom is -0.357 e. The highest BCUT2D eigenvalue weighted by atomic mass is 35.5. The number of nitrogens with zero attached hydrogens (tertiary/aromatic N) is 2. The van der Waals surface area contributed by atoms with Crippen LogP contribution in [0, 0.1) is 0 Å². The molecular weight excluding hydrogens is 592 g/mol. The summed E-state index contributed by atoms with van der Waals surface area (Å²) in [5.41, 5.74) is 1.37. The van der Waals surface area contributed by atoms with Crippen molar-refractivity contribution in [3.63, 3.8) is 0 Å². The smallest absolute Gasteiger partial charge is 0.244 e. The molecule has 0 saturated carbocycles. The van der Waals surface area contributed by atoms with Crippen LogP contribution in [-0.2, 0) is 32.6 Å². The van der Waals surface area contributed by atoms with E-state index in [2.05, 4.69) is 5.32 Å². The van der Waals surface area contributed by atoms with Crippen molar-refractivity contribution in [2.24, 2.45) is 0 Å². The molecule has 0 heterocycles. The molecule has 3 aromatic rings. The van der Waals surface area contributed by atoms with Gasteiger partial charge in [0.05, 0.1) is 17.0 Å². The lowest BCUT2D eigenvalue weighted by atomic mass is 10.0. The molecule has 202 valence electrons. The van der Waals surface area contributed by atoms with Crippen LogP contribution in [0.3, 0.4) is 0 Å². The Kier molecular flexibility index (Phi) is 10.3. The first kappa shape index (κ1) is 30.1. The normalized spacial score (nSPS) is 12.1. The number of benzene rings is 3. The van der Waals surface area contributed by atoms with Crippen LogP contribution in [-0.4, -0.2) is 51.0 Å². The number of amides is 2. The molecule has 3 rings (SSSR count). The number of sulfonamides is 1. The second-order valence-corrected chi connectivity index (χ2v) is 12.0. The van der Waals surface area contributed by atoms with Crippen LogP contribution in [0.4, 0.5) is 5.69 Å². The van der Waals surface area contributed by atoms with Gasteiger partial charge in [0, 0.05) is 35.1 Å². The van der Waals surface area contributed by atoms with E-state index in [4.69, 9.17) is 46.4 Å². The SMILES string of the molecule is CNC(=O)[C@H](Cc1ccccc1)N(Cc1ccc(Cl)cc1Cl)C(=O)CN(c1cc(Cl)ccc1Cl)S(C)(=O)=O. The molecule has 0 fully saturated rings. The van der Waals surface area contributed by atoms with Gasteiger partial charge in [-0.05, 0) is 41.5 Å². The van der Waals surface area contributed by atoms with E-state index in [9.17, 15) is 18.0 Å². The Morgan fingerprint density at radius 1 is 0.895 bits per heavy atom. The third kappa shape index (κ3) is 7.77. The van der Waals surface area contributed by atoms with Crippen molar-refractivity contribution in [1.29, 1.82) is 0 Å². The number of hydrogen-bond acceptors (Lipinski definition) is 4. The predicted molar refractivity (Wildman–Crippen MR) is 154 cm³/mol. The highest BCUT2D eigenvalue weighted by molar-refractivity contribution is 7.92. The van der Waals surface area contributed by atoms with Crippen LogP contribution in [0.1, 0.15) is 11.1 Å². The Morgan fingerprint density at radius 2 is 1.53 bits per heavy atom. The second kappa shape index (κ2) is 13.0. The number of nitrogens with one attached hydrogen (secondary N) is 1. The van der Waals surface area contributed by atoms with Crippen molar-refractivity contribution in [2.45, 2.75) is 19.0 Å². The number of anilines is 1. The predicted octanol–water partition coefficient (Wildman–Crippen LogP) is 5.45. The summed E-state index contributed by atoms with van der Waals surface area (Å²) in [5.74, 6) is -1.08. The summed E-state index contributed by atoms with van der Waals surface area (Å²) < 4.78 is 26.4. The van der Waals surface area contributed by atoms with Gasteiger partial charge in [0.15, 0.2) is 0 Å². The van der Waals surface area contributed by atoms with Crippen LogP contribution in [0.5, 0.6) is 0 Å². The van der Waals surface area contributed by atoms with Crippen molar-refractivity contribution >= 4 is 73.9 Å². The van der Waals surface area contributed by atoms with Crippen LogP contribution in [0.25, 0.3) is 0 Å². The summed E-state index contributed by atoms with van der Waals surface area (Å²) in [7, 11) is -2.52. The molecule has 0 radical (unpaired) electrons. The quantitative estimate of drug-likeness (QED) is 0.328. The third-order valence-electron chi connectivity index (χ3n) is 5.73. The molecule has 12 heteroatoms. The average molecular weight is 617 g/mol. The first-order valence-electron chi connectivity index (χ1n) is 11.3. The zero-order chi connectivity index (χ0) is 28.0. The fraction of sp³-hybridized carbons (Fsp3) is 0.231. The Labute approximate surface area is 242 Å². The maximum absolute atomic E-state index is 13.9. The lowest BCUT2D eigenvalue weighted by Crippen LogP contribution is -2.53. The van der Waals surface area contributed by atoms with Crippen molar-refractivity contribution in [3.8, 4) is 0 Å². The zero-order valence-electron chi connectivity index (χ0n) is 20.5. The standard InChI is InChI=1S/C26H25Cl4N3O4S/c1-31-26(35)24(12-17-6-4-3-5-7-17)32(15-18-8-9-19(27)13-22(18)30)25(34)16-33(38(2,36)37)23-14-20(28)10-11-21(23)29/h3-11,13-14,24H,12,15-16H2,1-2H3,(H,31,35)/t24-/m0/s1. The summed E-state index contributed by atoms with van der Waals surface area (Å²) in [4.78, 5) is 28.3. The van der Waals surface area contributed by atoms with E-state index < -0.39 is 34.4 Å². The van der Waals surface area contributed by atoms with Gasteiger partial charge >= 0.3 is 0 Å². The molecule has 7 nitrogen and oxygen atoms in total. The van der Waals surface area contributed by atoms with E-state index in [-0.39, 0.29) is 28.7 Å². The van der Waals surface area contributed by atoms with E-state index in [0.29, 0.717) is 15.6 Å². The third-order valence-corrected chi connectivity index (χ3v) is 8.00. The molecule has 0 aliphatic rings. The fourth-order valence-corrected chi connectivity index (χ4v) is 5.58. The van der Waals surface area contributed by atoms with Gasteiger partial charge in [-0.3, -0.25) is 13.9 Å². The van der Waals surface area contributed by atoms with Crippen molar-refractivity contribution < 1.29 is 18.0 Å². The number of rotatable bonds is 10. The molecule has 3 aromatic carbocycles. The largest absolute Gasteiger partial charge is 0.357 e. The molecule has 38 heavy (non-hydrogen) atoms. The first-order chi connectivity index (χ1) is 17.9. The van der Waals surface area contributed by atoms with Crippen LogP contribution < -0.4 is 9.62 Å². The minimum absolute atomic E-state index is 0.0408. The molecule has 0 aromatic heterocycles. The number of carbonyl (C=O) groups is 2. The maximum atomic E-state index is 13.9. The zero-order valence-corrected chi connectivity index (χ0v) is 24.3. The summed E-state index contributed by atoms with van der Waals surface area (Å²) >= 11 is 24.8. The van der Waals surface area contributed by atoms with Gasteiger partial charge in [-0.15, -0.1) is 0 Å². The number of hydrogen-bond donors (Lipinski definition) is 1. The summed E-state index contributed by atoms with van der Waals surface area (Å²) in [5, 5.41) is 3.63. The Bertz CT molecular complexity index is 1420. The van der Waals surface area contributed by atoms with Gasteiger partial charge in [0.2, 0.25) is 21.8 Å².